The van der Waals surface area contributed by atoms with E-state index >= 15 is 0 Å². The molecular formula is C14H28N2OS. The Morgan fingerprint density at radius 3 is 2.83 bits per heavy atom. The van der Waals surface area contributed by atoms with E-state index in [4.69, 9.17) is 0 Å². The Morgan fingerprint density at radius 1 is 1.50 bits per heavy atom. The highest BCUT2D eigenvalue weighted by atomic mass is 32.2. The van der Waals surface area contributed by atoms with E-state index in [0.29, 0.717) is 11.9 Å². The van der Waals surface area contributed by atoms with Gasteiger partial charge in [0.1, 0.15) is 0 Å². The second kappa shape index (κ2) is 8.81. The predicted molar refractivity (Wildman–Crippen MR) is 80.1 cm³/mol. The highest BCUT2D eigenvalue weighted by molar-refractivity contribution is 7.98. The van der Waals surface area contributed by atoms with Crippen LogP contribution in [0.4, 0.5) is 0 Å². The number of carbonyl (C=O) groups excluding carboxylic acids is 1. The zero-order valence-corrected chi connectivity index (χ0v) is 12.9. The lowest BCUT2D eigenvalue weighted by molar-refractivity contribution is -0.134. The van der Waals surface area contributed by atoms with Crippen LogP contribution in [0.15, 0.2) is 0 Å². The summed E-state index contributed by atoms with van der Waals surface area (Å²) in [5, 5.41) is 3.53. The van der Waals surface area contributed by atoms with E-state index in [0.717, 1.165) is 31.8 Å². The van der Waals surface area contributed by atoms with Crippen molar-refractivity contribution in [2.45, 2.75) is 45.6 Å². The van der Waals surface area contributed by atoms with Gasteiger partial charge in [0, 0.05) is 30.8 Å². The van der Waals surface area contributed by atoms with Crippen LogP contribution in [0.2, 0.25) is 0 Å². The van der Waals surface area contributed by atoms with Gasteiger partial charge in [-0.3, -0.25) is 4.79 Å². The van der Waals surface area contributed by atoms with Crippen LogP contribution < -0.4 is 5.32 Å². The molecule has 0 bridgehead atoms. The molecule has 106 valence electrons. The van der Waals surface area contributed by atoms with Gasteiger partial charge in [-0.2, -0.15) is 11.8 Å². The molecule has 1 fully saturated rings. The molecule has 0 aromatic rings. The maximum Gasteiger partial charge on any atom is 0.226 e. The zero-order valence-electron chi connectivity index (χ0n) is 12.1. The highest BCUT2D eigenvalue weighted by Gasteiger charge is 2.23. The summed E-state index contributed by atoms with van der Waals surface area (Å²) in [5.74, 6) is 1.41. The van der Waals surface area contributed by atoms with Crippen molar-refractivity contribution in [2.75, 3.05) is 31.6 Å². The van der Waals surface area contributed by atoms with Crippen LogP contribution in [-0.4, -0.2) is 48.5 Å². The standard InChI is InChI=1S/C14H28N2OS/c1-4-9-16(14(17)12(2)11-18-3)10-13-7-5-6-8-15-13/h12-13,15H,4-11H2,1-3H3. The van der Waals surface area contributed by atoms with Gasteiger partial charge in [-0.25, -0.2) is 0 Å². The van der Waals surface area contributed by atoms with E-state index in [1.165, 1.54) is 19.3 Å². The summed E-state index contributed by atoms with van der Waals surface area (Å²) < 4.78 is 0. The quantitative estimate of drug-likeness (QED) is 0.772. The number of hydrogen-bond acceptors (Lipinski definition) is 3. The molecule has 0 aromatic heterocycles. The molecule has 2 unspecified atom stereocenters. The van der Waals surface area contributed by atoms with E-state index in [2.05, 4.69) is 30.3 Å². The zero-order chi connectivity index (χ0) is 13.4. The van der Waals surface area contributed by atoms with Crippen LogP contribution in [0.5, 0.6) is 0 Å². The Balaban J connectivity index is 2.48. The van der Waals surface area contributed by atoms with Crippen LogP contribution in [0, 0.1) is 5.92 Å². The monoisotopic (exact) mass is 272 g/mol. The molecule has 0 aliphatic carbocycles. The molecular weight excluding hydrogens is 244 g/mol. The first-order valence-corrected chi connectivity index (χ1v) is 8.59. The van der Waals surface area contributed by atoms with Gasteiger partial charge in [0.15, 0.2) is 0 Å². The summed E-state index contributed by atoms with van der Waals surface area (Å²) in [5.41, 5.74) is 0. The van der Waals surface area contributed by atoms with Crippen LogP contribution in [0.1, 0.15) is 39.5 Å². The average Bonchev–Trinajstić information content (AvgIpc) is 2.39. The van der Waals surface area contributed by atoms with E-state index < -0.39 is 0 Å². The number of nitrogens with zero attached hydrogens (tertiary/aromatic N) is 1. The molecule has 1 N–H and O–H groups in total. The fourth-order valence-corrected chi connectivity index (χ4v) is 3.18. The third-order valence-corrected chi connectivity index (χ3v) is 4.33. The Kier molecular flexibility index (Phi) is 7.75. The second-order valence-electron chi connectivity index (χ2n) is 5.29. The van der Waals surface area contributed by atoms with Gasteiger partial charge in [0.2, 0.25) is 5.91 Å². The first-order valence-electron chi connectivity index (χ1n) is 7.20. The van der Waals surface area contributed by atoms with Crippen molar-refractivity contribution in [3.05, 3.63) is 0 Å². The minimum Gasteiger partial charge on any atom is -0.341 e. The molecule has 1 rings (SSSR count). The third kappa shape index (κ3) is 5.19. The van der Waals surface area contributed by atoms with Gasteiger partial charge in [-0.1, -0.05) is 20.3 Å². The maximum atomic E-state index is 12.4. The number of piperidine rings is 1. The minimum absolute atomic E-state index is 0.148. The molecule has 1 aliphatic rings. The summed E-state index contributed by atoms with van der Waals surface area (Å²) in [7, 11) is 0. The first-order chi connectivity index (χ1) is 8.69. The first kappa shape index (κ1) is 15.8. The van der Waals surface area contributed by atoms with Crippen molar-refractivity contribution in [2.24, 2.45) is 5.92 Å². The second-order valence-corrected chi connectivity index (χ2v) is 6.20. The van der Waals surface area contributed by atoms with Crippen molar-refractivity contribution in [3.63, 3.8) is 0 Å². The fourth-order valence-electron chi connectivity index (χ4n) is 2.54. The smallest absolute Gasteiger partial charge is 0.226 e. The largest absolute Gasteiger partial charge is 0.341 e. The van der Waals surface area contributed by atoms with E-state index in [1.807, 2.05) is 0 Å². The normalized spacial score (nSPS) is 21.6. The molecule has 4 heteroatoms. The summed E-state index contributed by atoms with van der Waals surface area (Å²) in [6, 6.07) is 0.510. The number of amides is 1. The van der Waals surface area contributed by atoms with Crippen molar-refractivity contribution < 1.29 is 4.79 Å². The van der Waals surface area contributed by atoms with Gasteiger partial charge >= 0.3 is 0 Å². The number of thioether (sulfide) groups is 1. The lowest BCUT2D eigenvalue weighted by atomic mass is 10.0. The van der Waals surface area contributed by atoms with Crippen molar-refractivity contribution in [1.82, 2.24) is 10.2 Å². The van der Waals surface area contributed by atoms with Gasteiger partial charge in [-0.15, -0.1) is 0 Å². The summed E-state index contributed by atoms with van der Waals surface area (Å²) in [6.07, 6.45) is 6.90. The van der Waals surface area contributed by atoms with Crippen molar-refractivity contribution in [3.8, 4) is 0 Å². The molecule has 18 heavy (non-hydrogen) atoms. The van der Waals surface area contributed by atoms with Gasteiger partial charge in [0.25, 0.3) is 0 Å². The van der Waals surface area contributed by atoms with E-state index in [1.54, 1.807) is 11.8 Å². The fraction of sp³-hybridized carbons (Fsp3) is 0.929. The molecule has 0 saturated carbocycles. The molecule has 0 aromatic carbocycles. The van der Waals surface area contributed by atoms with Crippen molar-refractivity contribution in [1.29, 1.82) is 0 Å². The van der Waals surface area contributed by atoms with Crippen molar-refractivity contribution >= 4 is 17.7 Å². The van der Waals surface area contributed by atoms with Gasteiger partial charge in [0.05, 0.1) is 0 Å². The topological polar surface area (TPSA) is 32.3 Å². The Morgan fingerprint density at radius 2 is 2.28 bits per heavy atom. The summed E-state index contributed by atoms with van der Waals surface area (Å²) in [6.45, 7) is 7.10. The SMILES string of the molecule is CCCN(CC1CCCCN1)C(=O)C(C)CSC. The van der Waals surface area contributed by atoms with Crippen LogP contribution in [-0.2, 0) is 4.79 Å². The molecule has 0 radical (unpaired) electrons. The number of rotatable bonds is 7. The van der Waals surface area contributed by atoms with Gasteiger partial charge in [-0.05, 0) is 32.1 Å². The molecule has 1 amide bonds. The number of nitrogens with one attached hydrogen (secondary N) is 1. The molecule has 1 saturated heterocycles. The molecule has 2 atom stereocenters. The predicted octanol–water partition coefficient (Wildman–Crippen LogP) is 2.37. The lowest BCUT2D eigenvalue weighted by Gasteiger charge is -2.32. The lowest BCUT2D eigenvalue weighted by Crippen LogP contribution is -2.47. The van der Waals surface area contributed by atoms with Crippen LogP contribution >= 0.6 is 11.8 Å². The number of hydrogen-bond donors (Lipinski definition) is 1. The maximum absolute atomic E-state index is 12.4. The Labute approximate surface area is 116 Å². The minimum atomic E-state index is 0.148. The molecule has 3 nitrogen and oxygen atoms in total. The summed E-state index contributed by atoms with van der Waals surface area (Å²) in [4.78, 5) is 14.5. The third-order valence-electron chi connectivity index (χ3n) is 3.50. The molecule has 1 aliphatic heterocycles. The van der Waals surface area contributed by atoms with E-state index in [-0.39, 0.29) is 5.92 Å². The van der Waals surface area contributed by atoms with Crippen LogP contribution in [0.3, 0.4) is 0 Å². The van der Waals surface area contributed by atoms with Crippen LogP contribution in [0.25, 0.3) is 0 Å². The molecule has 1 heterocycles. The van der Waals surface area contributed by atoms with Gasteiger partial charge < -0.3 is 10.2 Å². The summed E-state index contributed by atoms with van der Waals surface area (Å²) >= 11 is 1.76. The Bertz CT molecular complexity index is 242. The average molecular weight is 272 g/mol. The Hall–Kier alpha value is -0.220. The number of carbonyl (C=O) groups is 1. The van der Waals surface area contributed by atoms with E-state index in [9.17, 15) is 4.79 Å². The molecule has 0 spiro atoms. The highest BCUT2D eigenvalue weighted by Crippen LogP contribution is 2.13.